The topological polar surface area (TPSA) is 90.4 Å². The van der Waals surface area contributed by atoms with Crippen LogP contribution in [0.5, 0.6) is 5.75 Å². The molecule has 0 unspecified atom stereocenters. The Morgan fingerprint density at radius 1 is 1.27 bits per heavy atom. The van der Waals surface area contributed by atoms with E-state index in [0.29, 0.717) is 22.9 Å². The molecular formula is C14H15N3O4S. The molecule has 0 radical (unpaired) electrons. The van der Waals surface area contributed by atoms with Crippen LogP contribution in [0.1, 0.15) is 22.3 Å². The van der Waals surface area contributed by atoms with E-state index in [-0.39, 0.29) is 6.61 Å². The van der Waals surface area contributed by atoms with Crippen molar-refractivity contribution in [1.29, 1.82) is 0 Å². The van der Waals surface area contributed by atoms with Crippen molar-refractivity contribution in [2.75, 3.05) is 18.5 Å². The lowest BCUT2D eigenvalue weighted by Crippen LogP contribution is -2.20. The zero-order chi connectivity index (χ0) is 15.9. The molecule has 1 aromatic heterocycles. The van der Waals surface area contributed by atoms with E-state index >= 15 is 0 Å². The average molecular weight is 321 g/mol. The van der Waals surface area contributed by atoms with Crippen LogP contribution in [0.4, 0.5) is 5.69 Å². The van der Waals surface area contributed by atoms with Crippen LogP contribution in [0.2, 0.25) is 0 Å². The van der Waals surface area contributed by atoms with E-state index in [9.17, 15) is 9.59 Å². The van der Waals surface area contributed by atoms with Gasteiger partial charge in [0, 0.05) is 5.69 Å². The predicted molar refractivity (Wildman–Crippen MR) is 81.2 cm³/mol. The fourth-order valence-electron chi connectivity index (χ4n) is 1.61. The number of amides is 1. The highest BCUT2D eigenvalue weighted by Gasteiger charge is 2.16. The van der Waals surface area contributed by atoms with Crippen LogP contribution in [0.3, 0.4) is 0 Å². The van der Waals surface area contributed by atoms with Crippen LogP contribution in [-0.4, -0.2) is 34.7 Å². The Morgan fingerprint density at radius 3 is 2.59 bits per heavy atom. The fraction of sp³-hybridized carbons (Fsp3) is 0.286. The zero-order valence-corrected chi connectivity index (χ0v) is 13.0. The van der Waals surface area contributed by atoms with Crippen molar-refractivity contribution in [2.45, 2.75) is 13.8 Å². The summed E-state index contributed by atoms with van der Waals surface area (Å²) in [7, 11) is 0. The first-order valence-corrected chi connectivity index (χ1v) is 7.36. The Labute approximate surface area is 131 Å². The predicted octanol–water partition coefficient (Wildman–Crippen LogP) is 2.04. The number of nitrogens with one attached hydrogen (secondary N) is 1. The number of hydrogen-bond donors (Lipinski definition) is 1. The van der Waals surface area contributed by atoms with Gasteiger partial charge in [0.1, 0.15) is 5.75 Å². The minimum atomic E-state index is -0.602. The van der Waals surface area contributed by atoms with Crippen molar-refractivity contribution < 1.29 is 19.1 Å². The Morgan fingerprint density at radius 2 is 2.00 bits per heavy atom. The molecule has 7 nitrogen and oxygen atoms in total. The first kappa shape index (κ1) is 15.9. The molecule has 22 heavy (non-hydrogen) atoms. The van der Waals surface area contributed by atoms with Crippen LogP contribution in [-0.2, 0) is 9.53 Å². The summed E-state index contributed by atoms with van der Waals surface area (Å²) in [6, 6.07) is 6.92. The van der Waals surface area contributed by atoms with Crippen LogP contribution in [0.25, 0.3) is 0 Å². The van der Waals surface area contributed by atoms with Crippen molar-refractivity contribution >= 4 is 29.1 Å². The number of aromatic nitrogens is 2. The van der Waals surface area contributed by atoms with Gasteiger partial charge in [0.25, 0.3) is 5.91 Å². The molecule has 0 fully saturated rings. The van der Waals surface area contributed by atoms with E-state index < -0.39 is 11.9 Å². The van der Waals surface area contributed by atoms with Gasteiger partial charge >= 0.3 is 5.97 Å². The summed E-state index contributed by atoms with van der Waals surface area (Å²) in [4.78, 5) is 23.7. The van der Waals surface area contributed by atoms with Gasteiger partial charge in [-0.25, -0.2) is 4.79 Å². The van der Waals surface area contributed by atoms with Gasteiger partial charge in [-0.1, -0.05) is 4.49 Å². The molecule has 116 valence electrons. The van der Waals surface area contributed by atoms with E-state index in [1.54, 1.807) is 31.2 Å². The fourth-order valence-corrected chi connectivity index (χ4v) is 2.17. The van der Waals surface area contributed by atoms with E-state index in [1.807, 2.05) is 6.92 Å². The summed E-state index contributed by atoms with van der Waals surface area (Å²) < 4.78 is 13.9. The zero-order valence-electron chi connectivity index (χ0n) is 12.2. The molecule has 0 aliphatic rings. The van der Waals surface area contributed by atoms with Crippen LogP contribution < -0.4 is 10.1 Å². The van der Waals surface area contributed by atoms with Crippen LogP contribution >= 0.6 is 11.5 Å². The molecule has 0 aliphatic carbocycles. The monoisotopic (exact) mass is 321 g/mol. The standard InChI is InChI=1S/C14H15N3O4S/c1-3-20-11-6-4-10(5-7-11)15-12(18)8-21-14(19)13-9(2)16-17-22-13/h4-7H,3,8H2,1-2H3,(H,15,18). The molecule has 0 saturated carbocycles. The Kier molecular flexibility index (Phi) is 5.42. The van der Waals surface area contributed by atoms with Crippen molar-refractivity contribution in [3.05, 3.63) is 34.8 Å². The third-order valence-electron chi connectivity index (χ3n) is 2.62. The summed E-state index contributed by atoms with van der Waals surface area (Å²) in [6.45, 7) is 3.75. The van der Waals surface area contributed by atoms with Crippen molar-refractivity contribution in [2.24, 2.45) is 0 Å². The van der Waals surface area contributed by atoms with Crippen molar-refractivity contribution in [1.82, 2.24) is 9.59 Å². The molecule has 0 bridgehead atoms. The number of ether oxygens (including phenoxy) is 2. The lowest BCUT2D eigenvalue weighted by atomic mass is 10.3. The second kappa shape index (κ2) is 7.51. The van der Waals surface area contributed by atoms with Gasteiger partial charge in [-0.15, -0.1) is 5.10 Å². The van der Waals surface area contributed by atoms with Gasteiger partial charge in [0.2, 0.25) is 0 Å². The first-order valence-electron chi connectivity index (χ1n) is 6.59. The molecule has 2 aromatic rings. The normalized spacial score (nSPS) is 10.1. The van der Waals surface area contributed by atoms with E-state index in [2.05, 4.69) is 14.9 Å². The molecule has 0 saturated heterocycles. The number of anilines is 1. The Hall–Kier alpha value is -2.48. The number of carbonyl (C=O) groups is 2. The molecule has 2 rings (SSSR count). The van der Waals surface area contributed by atoms with Gasteiger partial charge in [0.05, 0.1) is 12.3 Å². The lowest BCUT2D eigenvalue weighted by Gasteiger charge is -2.07. The number of rotatable bonds is 6. The molecule has 0 atom stereocenters. The average Bonchev–Trinajstić information content (AvgIpc) is 2.93. The number of carbonyl (C=O) groups excluding carboxylic acids is 2. The van der Waals surface area contributed by atoms with Gasteiger partial charge < -0.3 is 14.8 Å². The summed E-state index contributed by atoms with van der Waals surface area (Å²) in [5.41, 5.74) is 1.09. The third-order valence-corrected chi connectivity index (χ3v) is 3.43. The number of esters is 1. The SMILES string of the molecule is CCOc1ccc(NC(=O)COC(=O)c2snnc2C)cc1. The lowest BCUT2D eigenvalue weighted by molar-refractivity contribution is -0.119. The van der Waals surface area contributed by atoms with E-state index in [1.165, 1.54) is 0 Å². The minimum absolute atomic E-state index is 0.300. The third kappa shape index (κ3) is 4.26. The molecule has 0 spiro atoms. The maximum absolute atomic E-state index is 11.7. The largest absolute Gasteiger partial charge is 0.494 e. The quantitative estimate of drug-likeness (QED) is 0.819. The summed E-state index contributed by atoms with van der Waals surface area (Å²) >= 11 is 0.938. The van der Waals surface area contributed by atoms with Crippen molar-refractivity contribution in [3.63, 3.8) is 0 Å². The number of benzene rings is 1. The van der Waals surface area contributed by atoms with Gasteiger partial charge in [-0.05, 0) is 49.6 Å². The molecule has 1 N–H and O–H groups in total. The molecule has 1 aromatic carbocycles. The summed E-state index contributed by atoms with van der Waals surface area (Å²) in [6.07, 6.45) is 0. The van der Waals surface area contributed by atoms with Crippen LogP contribution in [0.15, 0.2) is 24.3 Å². The second-order valence-corrected chi connectivity index (χ2v) is 5.02. The molecule has 0 aliphatic heterocycles. The minimum Gasteiger partial charge on any atom is -0.494 e. The highest BCUT2D eigenvalue weighted by atomic mass is 32.1. The van der Waals surface area contributed by atoms with E-state index in [4.69, 9.17) is 9.47 Å². The van der Waals surface area contributed by atoms with Gasteiger partial charge in [0.15, 0.2) is 11.5 Å². The smallest absolute Gasteiger partial charge is 0.352 e. The molecule has 1 amide bonds. The molecule has 8 heteroatoms. The van der Waals surface area contributed by atoms with Gasteiger partial charge in [-0.2, -0.15) is 0 Å². The highest BCUT2D eigenvalue weighted by molar-refractivity contribution is 7.07. The molecule has 1 heterocycles. The Bertz CT molecular complexity index is 654. The number of nitrogens with zero attached hydrogens (tertiary/aromatic N) is 2. The van der Waals surface area contributed by atoms with Crippen molar-refractivity contribution in [3.8, 4) is 5.75 Å². The van der Waals surface area contributed by atoms with Crippen LogP contribution in [0, 0.1) is 6.92 Å². The highest BCUT2D eigenvalue weighted by Crippen LogP contribution is 2.15. The Balaban J connectivity index is 1.83. The summed E-state index contributed by atoms with van der Waals surface area (Å²) in [5.74, 6) is -0.304. The summed E-state index contributed by atoms with van der Waals surface area (Å²) in [5, 5.41) is 6.34. The van der Waals surface area contributed by atoms with Gasteiger partial charge in [-0.3, -0.25) is 4.79 Å². The maximum Gasteiger partial charge on any atom is 0.352 e. The molecular weight excluding hydrogens is 306 g/mol. The maximum atomic E-state index is 11.7. The number of aryl methyl sites for hydroxylation is 1. The van der Waals surface area contributed by atoms with E-state index in [0.717, 1.165) is 17.3 Å². The second-order valence-electron chi connectivity index (χ2n) is 4.27. The number of hydrogen-bond acceptors (Lipinski definition) is 7. The first-order chi connectivity index (χ1) is 10.6.